The van der Waals surface area contributed by atoms with Crippen LogP contribution in [0.15, 0.2) is 29.4 Å². The number of aromatic nitrogens is 1. The van der Waals surface area contributed by atoms with Crippen molar-refractivity contribution < 1.29 is 4.79 Å². The molecular formula is C18H29N5O. The van der Waals surface area contributed by atoms with Gasteiger partial charge in [0, 0.05) is 58.0 Å². The second-order valence-electron chi connectivity index (χ2n) is 6.33. The Morgan fingerprint density at radius 3 is 2.92 bits per heavy atom. The molecular weight excluding hydrogens is 302 g/mol. The van der Waals surface area contributed by atoms with E-state index >= 15 is 0 Å². The molecule has 1 unspecified atom stereocenters. The highest BCUT2D eigenvalue weighted by atomic mass is 16.2. The Morgan fingerprint density at radius 2 is 2.21 bits per heavy atom. The first-order valence-corrected chi connectivity index (χ1v) is 8.81. The summed E-state index contributed by atoms with van der Waals surface area (Å²) in [5.41, 5.74) is 1.05. The summed E-state index contributed by atoms with van der Waals surface area (Å²) in [5, 5.41) is 6.46. The van der Waals surface area contributed by atoms with Crippen LogP contribution in [0.3, 0.4) is 0 Å². The monoisotopic (exact) mass is 331 g/mol. The van der Waals surface area contributed by atoms with Gasteiger partial charge in [0.05, 0.1) is 0 Å². The Morgan fingerprint density at radius 1 is 1.38 bits per heavy atom. The quantitative estimate of drug-likeness (QED) is 0.611. The Kier molecular flexibility index (Phi) is 7.52. The van der Waals surface area contributed by atoms with Gasteiger partial charge in [-0.15, -0.1) is 0 Å². The third-order valence-corrected chi connectivity index (χ3v) is 4.26. The van der Waals surface area contributed by atoms with Crippen molar-refractivity contribution in [2.24, 2.45) is 10.9 Å². The molecule has 1 aromatic heterocycles. The molecule has 1 amide bonds. The highest BCUT2D eigenvalue weighted by molar-refractivity contribution is 5.81. The van der Waals surface area contributed by atoms with Crippen LogP contribution >= 0.6 is 0 Å². The lowest BCUT2D eigenvalue weighted by Crippen LogP contribution is -2.42. The van der Waals surface area contributed by atoms with Gasteiger partial charge in [-0.2, -0.15) is 0 Å². The Balaban J connectivity index is 1.63. The van der Waals surface area contributed by atoms with Crippen molar-refractivity contribution in [3.05, 3.63) is 30.1 Å². The minimum absolute atomic E-state index is 0.234. The van der Waals surface area contributed by atoms with Crippen molar-refractivity contribution >= 4 is 11.9 Å². The molecule has 1 aliphatic rings. The first-order valence-electron chi connectivity index (χ1n) is 8.81. The summed E-state index contributed by atoms with van der Waals surface area (Å²) in [5.74, 6) is 1.58. The van der Waals surface area contributed by atoms with E-state index in [1.807, 2.05) is 23.1 Å². The summed E-state index contributed by atoms with van der Waals surface area (Å²) in [6, 6.07) is 5.91. The van der Waals surface area contributed by atoms with Crippen LogP contribution in [0.2, 0.25) is 0 Å². The Hall–Kier alpha value is -2.11. The lowest BCUT2D eigenvalue weighted by atomic mass is 10.00. The number of pyridine rings is 1. The van der Waals surface area contributed by atoms with Gasteiger partial charge < -0.3 is 15.5 Å². The van der Waals surface area contributed by atoms with Gasteiger partial charge in [-0.25, -0.2) is 0 Å². The van der Waals surface area contributed by atoms with E-state index in [2.05, 4.69) is 27.5 Å². The van der Waals surface area contributed by atoms with Crippen LogP contribution in [0, 0.1) is 5.92 Å². The second-order valence-corrected chi connectivity index (χ2v) is 6.33. The fourth-order valence-electron chi connectivity index (χ4n) is 2.94. The number of nitrogens with zero attached hydrogens (tertiary/aromatic N) is 3. The smallest absolute Gasteiger partial charge is 0.224 e. The van der Waals surface area contributed by atoms with E-state index < -0.39 is 0 Å². The minimum Gasteiger partial charge on any atom is -0.356 e. The number of piperidine rings is 1. The van der Waals surface area contributed by atoms with Gasteiger partial charge in [0.15, 0.2) is 5.96 Å². The van der Waals surface area contributed by atoms with E-state index in [4.69, 9.17) is 0 Å². The predicted molar refractivity (Wildman–Crippen MR) is 96.9 cm³/mol. The molecule has 6 nitrogen and oxygen atoms in total. The zero-order chi connectivity index (χ0) is 17.2. The molecule has 1 aliphatic heterocycles. The molecule has 2 heterocycles. The average Bonchev–Trinajstić information content (AvgIpc) is 2.61. The summed E-state index contributed by atoms with van der Waals surface area (Å²) >= 11 is 0. The second kappa shape index (κ2) is 9.90. The van der Waals surface area contributed by atoms with Crippen molar-refractivity contribution in [2.45, 2.75) is 32.6 Å². The van der Waals surface area contributed by atoms with Crippen LogP contribution < -0.4 is 10.6 Å². The van der Waals surface area contributed by atoms with Crippen molar-refractivity contribution in [1.29, 1.82) is 0 Å². The zero-order valence-corrected chi connectivity index (χ0v) is 14.8. The van der Waals surface area contributed by atoms with Crippen LogP contribution in [0.25, 0.3) is 0 Å². The first-order chi connectivity index (χ1) is 11.7. The average molecular weight is 331 g/mol. The number of rotatable bonds is 6. The molecule has 0 radical (unpaired) electrons. The van der Waals surface area contributed by atoms with Gasteiger partial charge in [0.1, 0.15) is 0 Å². The molecule has 2 rings (SSSR count). The predicted octanol–water partition coefficient (Wildman–Crippen LogP) is 1.44. The topological polar surface area (TPSA) is 69.6 Å². The van der Waals surface area contributed by atoms with E-state index in [0.29, 0.717) is 18.9 Å². The van der Waals surface area contributed by atoms with E-state index in [0.717, 1.165) is 44.1 Å². The minimum atomic E-state index is 0.234. The van der Waals surface area contributed by atoms with Crippen LogP contribution in [-0.2, 0) is 11.2 Å². The summed E-state index contributed by atoms with van der Waals surface area (Å²) < 4.78 is 0. The molecule has 132 valence electrons. The lowest BCUT2D eigenvalue weighted by molar-refractivity contribution is -0.132. The maximum absolute atomic E-state index is 12.2. The van der Waals surface area contributed by atoms with Crippen molar-refractivity contribution in [3.8, 4) is 0 Å². The first kappa shape index (κ1) is 18.2. The van der Waals surface area contributed by atoms with Crippen LogP contribution in [0.5, 0.6) is 0 Å². The largest absolute Gasteiger partial charge is 0.356 e. The fourth-order valence-corrected chi connectivity index (χ4v) is 2.94. The molecule has 0 bridgehead atoms. The Labute approximate surface area is 144 Å². The molecule has 0 spiro atoms. The van der Waals surface area contributed by atoms with Gasteiger partial charge in [-0.3, -0.25) is 14.8 Å². The van der Waals surface area contributed by atoms with Gasteiger partial charge in [0.25, 0.3) is 0 Å². The van der Waals surface area contributed by atoms with Gasteiger partial charge in [-0.05, 0) is 30.9 Å². The van der Waals surface area contributed by atoms with Gasteiger partial charge in [-0.1, -0.05) is 13.0 Å². The van der Waals surface area contributed by atoms with E-state index in [-0.39, 0.29) is 5.91 Å². The molecule has 1 aromatic rings. The number of hydrogen-bond acceptors (Lipinski definition) is 3. The maximum Gasteiger partial charge on any atom is 0.224 e. The van der Waals surface area contributed by atoms with E-state index in [1.165, 1.54) is 6.42 Å². The SMILES string of the molecule is CN=C(NCCC(=O)N1CCCC(C)C1)NCCc1ccccn1. The zero-order valence-electron chi connectivity index (χ0n) is 14.8. The van der Waals surface area contributed by atoms with Crippen LogP contribution in [0.1, 0.15) is 31.9 Å². The highest BCUT2D eigenvalue weighted by Gasteiger charge is 2.20. The number of hydrogen-bond donors (Lipinski definition) is 2. The lowest BCUT2D eigenvalue weighted by Gasteiger charge is -2.31. The maximum atomic E-state index is 12.2. The molecule has 1 atom stereocenters. The number of likely N-dealkylation sites (tertiary alicyclic amines) is 1. The van der Waals surface area contributed by atoms with Crippen molar-refractivity contribution in [1.82, 2.24) is 20.5 Å². The summed E-state index contributed by atoms with van der Waals surface area (Å²) in [6.07, 6.45) is 5.50. The molecule has 0 aromatic carbocycles. The summed E-state index contributed by atoms with van der Waals surface area (Å²) in [6.45, 7) is 5.38. The third-order valence-electron chi connectivity index (χ3n) is 4.26. The molecule has 1 saturated heterocycles. The Bertz CT molecular complexity index is 531. The number of carbonyl (C=O) groups excluding carboxylic acids is 1. The molecule has 1 fully saturated rings. The molecule has 6 heteroatoms. The standard InChI is InChI=1S/C18H29N5O/c1-15-6-5-13-23(14-15)17(24)9-12-22-18(19-2)21-11-8-16-7-3-4-10-20-16/h3-4,7,10,15H,5-6,8-9,11-14H2,1-2H3,(H2,19,21,22). The molecule has 0 saturated carbocycles. The highest BCUT2D eigenvalue weighted by Crippen LogP contribution is 2.15. The molecule has 0 aliphatic carbocycles. The summed E-state index contributed by atoms with van der Waals surface area (Å²) in [4.78, 5) is 22.7. The number of nitrogens with one attached hydrogen (secondary N) is 2. The number of carbonyl (C=O) groups is 1. The van der Waals surface area contributed by atoms with Gasteiger partial charge in [0.2, 0.25) is 5.91 Å². The third kappa shape index (κ3) is 6.18. The van der Waals surface area contributed by atoms with E-state index in [1.54, 1.807) is 13.2 Å². The van der Waals surface area contributed by atoms with E-state index in [9.17, 15) is 4.79 Å². The summed E-state index contributed by atoms with van der Waals surface area (Å²) in [7, 11) is 1.74. The van der Waals surface area contributed by atoms with Crippen molar-refractivity contribution in [3.63, 3.8) is 0 Å². The molecule has 24 heavy (non-hydrogen) atoms. The van der Waals surface area contributed by atoms with Crippen molar-refractivity contribution in [2.75, 3.05) is 33.2 Å². The van der Waals surface area contributed by atoms with Crippen LogP contribution in [0.4, 0.5) is 0 Å². The fraction of sp³-hybridized carbons (Fsp3) is 0.611. The van der Waals surface area contributed by atoms with Gasteiger partial charge >= 0.3 is 0 Å². The van der Waals surface area contributed by atoms with Crippen LogP contribution in [-0.4, -0.2) is 55.0 Å². The molecule has 2 N–H and O–H groups in total. The number of aliphatic imine (C=N–C) groups is 1. The number of amides is 1. The number of guanidine groups is 1. The normalized spacial score (nSPS) is 18.3.